The summed E-state index contributed by atoms with van der Waals surface area (Å²) in [5.74, 6) is 2.18. The lowest BCUT2D eigenvalue weighted by Crippen LogP contribution is -2.39. The summed E-state index contributed by atoms with van der Waals surface area (Å²) in [5, 5.41) is 0. The van der Waals surface area contributed by atoms with Crippen LogP contribution in [0.1, 0.15) is 19.3 Å². The van der Waals surface area contributed by atoms with Gasteiger partial charge in [-0.25, -0.2) is 0 Å². The molecule has 6 atom stereocenters. The summed E-state index contributed by atoms with van der Waals surface area (Å²) < 4.78 is 12.6. The first-order valence-corrected chi connectivity index (χ1v) is 10.8. The molecule has 0 N–H and O–H groups in total. The van der Waals surface area contributed by atoms with Crippen LogP contribution in [0.25, 0.3) is 0 Å². The maximum absolute atomic E-state index is 6.56. The molecule has 4 aliphatic carbocycles. The van der Waals surface area contributed by atoms with E-state index in [4.69, 9.17) is 9.16 Å². The number of hydrogen-bond acceptors (Lipinski definition) is 2. The van der Waals surface area contributed by atoms with Crippen molar-refractivity contribution in [2.45, 2.75) is 50.6 Å². The molecule has 3 heteroatoms. The van der Waals surface area contributed by atoms with Crippen molar-refractivity contribution in [1.29, 1.82) is 0 Å². The highest BCUT2D eigenvalue weighted by Crippen LogP contribution is 2.85. The van der Waals surface area contributed by atoms with E-state index in [2.05, 4.69) is 31.8 Å². The Kier molecular flexibility index (Phi) is 2.03. The summed E-state index contributed by atoms with van der Waals surface area (Å²) in [4.78, 5) is 0. The Hall–Kier alpha value is -0.123. The third kappa shape index (κ3) is 1.01. The second-order valence-corrected chi connectivity index (χ2v) is 12.1. The largest absolute Gasteiger partial charge is 0.414 e. The van der Waals surface area contributed by atoms with Gasteiger partial charge in [-0.2, -0.15) is 0 Å². The standard InChI is InChI=1S/C15H24O2Si/c1-16-15-11-5-7-12(15)14(15)10(9-11)6-8-13(14)17-18(2,3)4/h5,7,10-13H,6,8-9H2,1-4H3/t10-,11-,12+,13-,14-,15-/m0/s1. The first-order valence-electron chi connectivity index (χ1n) is 7.38. The molecule has 0 unspecified atom stereocenters. The Balaban J connectivity index is 1.72. The molecule has 0 aromatic heterocycles. The molecule has 4 rings (SSSR count). The predicted octanol–water partition coefficient (Wildman–Crippen LogP) is 3.21. The van der Waals surface area contributed by atoms with Gasteiger partial charge in [0.15, 0.2) is 8.32 Å². The molecule has 3 fully saturated rings. The summed E-state index contributed by atoms with van der Waals surface area (Å²) in [5.41, 5.74) is 0.500. The fourth-order valence-corrected chi connectivity index (χ4v) is 6.98. The average Bonchev–Trinajstić information content (AvgIpc) is 2.51. The summed E-state index contributed by atoms with van der Waals surface area (Å²) in [6.45, 7) is 6.95. The van der Waals surface area contributed by atoms with Crippen LogP contribution in [0.15, 0.2) is 12.2 Å². The van der Waals surface area contributed by atoms with Crippen LogP contribution < -0.4 is 0 Å². The van der Waals surface area contributed by atoms with Crippen LogP contribution in [0.4, 0.5) is 0 Å². The Bertz CT molecular complexity index is 427. The summed E-state index contributed by atoms with van der Waals surface area (Å²) in [6, 6.07) is 0. The molecule has 0 saturated heterocycles. The van der Waals surface area contributed by atoms with Gasteiger partial charge >= 0.3 is 0 Å². The van der Waals surface area contributed by atoms with Gasteiger partial charge in [-0.3, -0.25) is 0 Å². The highest BCUT2D eigenvalue weighted by atomic mass is 28.4. The van der Waals surface area contributed by atoms with Gasteiger partial charge in [-0.15, -0.1) is 0 Å². The average molecular weight is 264 g/mol. The number of methoxy groups -OCH3 is 1. The van der Waals surface area contributed by atoms with Crippen LogP contribution in [-0.4, -0.2) is 27.1 Å². The highest BCUT2D eigenvalue weighted by Gasteiger charge is 2.90. The van der Waals surface area contributed by atoms with Crippen LogP contribution in [0, 0.1) is 23.2 Å². The van der Waals surface area contributed by atoms with Gasteiger partial charge < -0.3 is 9.16 Å². The number of ether oxygens (including phenoxy) is 1. The van der Waals surface area contributed by atoms with Gasteiger partial charge in [0.2, 0.25) is 0 Å². The quantitative estimate of drug-likeness (QED) is 0.575. The fourth-order valence-electron chi connectivity index (χ4n) is 5.82. The molecule has 0 aliphatic heterocycles. The molecule has 0 amide bonds. The topological polar surface area (TPSA) is 18.5 Å². The fraction of sp³-hybridized carbons (Fsp3) is 0.867. The van der Waals surface area contributed by atoms with E-state index in [1.54, 1.807) is 0 Å². The Morgan fingerprint density at radius 3 is 2.56 bits per heavy atom. The van der Waals surface area contributed by atoms with Gasteiger partial charge in [0.25, 0.3) is 0 Å². The molecule has 0 bridgehead atoms. The van der Waals surface area contributed by atoms with E-state index in [1.165, 1.54) is 19.3 Å². The minimum Gasteiger partial charge on any atom is -0.414 e. The van der Waals surface area contributed by atoms with E-state index in [1.807, 2.05) is 7.11 Å². The van der Waals surface area contributed by atoms with Crippen molar-refractivity contribution in [3.63, 3.8) is 0 Å². The van der Waals surface area contributed by atoms with Gasteiger partial charge in [0.05, 0.1) is 11.7 Å². The van der Waals surface area contributed by atoms with Crippen LogP contribution >= 0.6 is 0 Å². The van der Waals surface area contributed by atoms with Gasteiger partial charge in [-0.1, -0.05) is 12.2 Å². The minimum atomic E-state index is -1.46. The minimum absolute atomic E-state index is 0.137. The van der Waals surface area contributed by atoms with E-state index >= 15 is 0 Å². The molecule has 0 aromatic carbocycles. The van der Waals surface area contributed by atoms with Gasteiger partial charge in [0.1, 0.15) is 0 Å². The van der Waals surface area contributed by atoms with Crippen molar-refractivity contribution in [3.8, 4) is 0 Å². The lowest BCUT2D eigenvalue weighted by molar-refractivity contribution is 0.00100. The van der Waals surface area contributed by atoms with Crippen molar-refractivity contribution in [1.82, 2.24) is 0 Å². The molecule has 2 nitrogen and oxygen atoms in total. The first kappa shape index (κ1) is 11.7. The van der Waals surface area contributed by atoms with E-state index in [9.17, 15) is 0 Å². The maximum Gasteiger partial charge on any atom is 0.184 e. The molecule has 1 spiro atoms. The molecular weight excluding hydrogens is 240 g/mol. The number of rotatable bonds is 3. The van der Waals surface area contributed by atoms with Crippen LogP contribution in [-0.2, 0) is 9.16 Å². The van der Waals surface area contributed by atoms with Crippen LogP contribution in [0.3, 0.4) is 0 Å². The molecule has 0 aromatic rings. The highest BCUT2D eigenvalue weighted by molar-refractivity contribution is 6.69. The normalized spacial score (nSPS) is 55.8. The zero-order valence-corrected chi connectivity index (χ0v) is 12.9. The molecular formula is C15H24O2Si. The Morgan fingerprint density at radius 2 is 1.94 bits per heavy atom. The van der Waals surface area contributed by atoms with Gasteiger partial charge in [0, 0.05) is 24.4 Å². The molecule has 0 heterocycles. The van der Waals surface area contributed by atoms with Crippen molar-refractivity contribution in [2.24, 2.45) is 23.2 Å². The summed E-state index contributed by atoms with van der Waals surface area (Å²) >= 11 is 0. The maximum atomic E-state index is 6.56. The van der Waals surface area contributed by atoms with E-state index in [-0.39, 0.29) is 5.60 Å². The lowest BCUT2D eigenvalue weighted by atomic mass is 9.90. The zero-order valence-electron chi connectivity index (χ0n) is 11.9. The molecule has 18 heavy (non-hydrogen) atoms. The van der Waals surface area contributed by atoms with E-state index in [0.29, 0.717) is 23.4 Å². The molecule has 0 radical (unpaired) electrons. The Labute approximate surface area is 111 Å². The van der Waals surface area contributed by atoms with Crippen LogP contribution in [0.5, 0.6) is 0 Å². The van der Waals surface area contributed by atoms with Crippen LogP contribution in [0.2, 0.25) is 19.6 Å². The second kappa shape index (κ2) is 3.13. The number of hydrogen-bond donors (Lipinski definition) is 0. The molecule has 100 valence electrons. The SMILES string of the molecule is CO[C@@]12[C@H]3C=C[C@@H]1[C@]21[C@@H](CC[C@@H]1O[Si](C)(C)C)C3. The lowest BCUT2D eigenvalue weighted by Gasteiger charge is -2.31. The third-order valence-electron chi connectivity index (χ3n) is 6.01. The Morgan fingerprint density at radius 1 is 1.17 bits per heavy atom. The summed E-state index contributed by atoms with van der Waals surface area (Å²) in [6.07, 6.45) is 9.29. The van der Waals surface area contributed by atoms with Crippen molar-refractivity contribution in [2.75, 3.05) is 7.11 Å². The third-order valence-corrected chi connectivity index (χ3v) is 7.01. The second-order valence-electron chi connectivity index (χ2n) is 7.63. The van der Waals surface area contributed by atoms with Crippen molar-refractivity contribution < 1.29 is 9.16 Å². The first-order chi connectivity index (χ1) is 8.47. The predicted molar refractivity (Wildman–Crippen MR) is 73.9 cm³/mol. The molecule has 4 aliphatic rings. The summed E-state index contributed by atoms with van der Waals surface area (Å²) in [7, 11) is 0.469. The van der Waals surface area contributed by atoms with Gasteiger partial charge in [-0.05, 0) is 44.8 Å². The monoisotopic (exact) mass is 264 g/mol. The smallest absolute Gasteiger partial charge is 0.184 e. The zero-order chi connectivity index (χ0) is 12.8. The van der Waals surface area contributed by atoms with Crippen molar-refractivity contribution in [3.05, 3.63) is 12.2 Å². The molecule has 3 saturated carbocycles. The van der Waals surface area contributed by atoms with E-state index in [0.717, 1.165) is 5.92 Å². The van der Waals surface area contributed by atoms with Crippen molar-refractivity contribution >= 4 is 8.32 Å². The van der Waals surface area contributed by atoms with E-state index < -0.39 is 8.32 Å².